The van der Waals surface area contributed by atoms with Crippen molar-refractivity contribution in [3.05, 3.63) is 70.3 Å². The molecule has 0 saturated carbocycles. The van der Waals surface area contributed by atoms with Crippen molar-refractivity contribution in [1.29, 1.82) is 5.26 Å². The second-order valence-electron chi connectivity index (χ2n) is 8.30. The van der Waals surface area contributed by atoms with Gasteiger partial charge in [0.05, 0.1) is 31.5 Å². The van der Waals surface area contributed by atoms with Crippen LogP contribution in [0.1, 0.15) is 33.7 Å². The summed E-state index contributed by atoms with van der Waals surface area (Å²) in [4.78, 5) is 26.9. The number of anilines is 2. The zero-order chi connectivity index (χ0) is 24.1. The van der Waals surface area contributed by atoms with Crippen LogP contribution in [0.3, 0.4) is 0 Å². The number of aryl methyl sites for hydroxylation is 2. The number of benzene rings is 1. The summed E-state index contributed by atoms with van der Waals surface area (Å²) < 4.78 is 7.30. The van der Waals surface area contributed by atoms with E-state index in [4.69, 9.17) is 4.42 Å². The lowest BCUT2D eigenvalue weighted by Gasteiger charge is -2.18. The Hall–Kier alpha value is -3.83. The second kappa shape index (κ2) is 10.2. The maximum absolute atomic E-state index is 12.8. The van der Waals surface area contributed by atoms with Gasteiger partial charge in [0.15, 0.2) is 0 Å². The van der Waals surface area contributed by atoms with E-state index in [2.05, 4.69) is 16.7 Å². The van der Waals surface area contributed by atoms with Gasteiger partial charge in [-0.15, -0.1) is 0 Å². The summed E-state index contributed by atoms with van der Waals surface area (Å²) in [6.45, 7) is 8.09. The van der Waals surface area contributed by atoms with Gasteiger partial charge in [-0.25, -0.2) is 0 Å². The van der Waals surface area contributed by atoms with Crippen LogP contribution in [-0.4, -0.2) is 41.4 Å². The van der Waals surface area contributed by atoms with Crippen molar-refractivity contribution in [2.24, 2.45) is 0 Å². The van der Waals surface area contributed by atoms with Crippen molar-refractivity contribution in [3.8, 4) is 6.07 Å². The summed E-state index contributed by atoms with van der Waals surface area (Å²) >= 11 is 0. The molecule has 2 aromatic heterocycles. The predicted octanol–water partition coefficient (Wildman–Crippen LogP) is 3.74. The van der Waals surface area contributed by atoms with Crippen LogP contribution in [0.2, 0.25) is 0 Å². The van der Waals surface area contributed by atoms with Gasteiger partial charge in [-0.3, -0.25) is 14.5 Å². The van der Waals surface area contributed by atoms with Crippen molar-refractivity contribution in [2.75, 3.05) is 30.8 Å². The third kappa shape index (κ3) is 5.70. The number of carbonyl (C=O) groups excluding carboxylic acids is 2. The first kappa shape index (κ1) is 23.8. The van der Waals surface area contributed by atoms with E-state index in [0.717, 1.165) is 28.1 Å². The Morgan fingerprint density at radius 2 is 1.79 bits per heavy atom. The summed E-state index contributed by atoms with van der Waals surface area (Å²) in [6.07, 6.45) is 1.59. The van der Waals surface area contributed by atoms with Gasteiger partial charge in [0.25, 0.3) is 0 Å². The van der Waals surface area contributed by atoms with Crippen LogP contribution in [0, 0.1) is 39.0 Å². The second-order valence-corrected chi connectivity index (χ2v) is 8.30. The van der Waals surface area contributed by atoms with Gasteiger partial charge in [-0.2, -0.15) is 5.26 Å². The Morgan fingerprint density at radius 3 is 2.42 bits per heavy atom. The zero-order valence-electron chi connectivity index (χ0n) is 19.7. The van der Waals surface area contributed by atoms with Crippen LogP contribution < -0.4 is 10.6 Å². The van der Waals surface area contributed by atoms with Gasteiger partial charge in [-0.1, -0.05) is 12.1 Å². The first-order valence-corrected chi connectivity index (χ1v) is 10.7. The molecule has 0 bridgehead atoms. The summed E-state index contributed by atoms with van der Waals surface area (Å²) in [5.41, 5.74) is 4.89. The molecule has 0 aliphatic carbocycles. The highest BCUT2D eigenvalue weighted by Crippen LogP contribution is 2.27. The summed E-state index contributed by atoms with van der Waals surface area (Å²) in [7, 11) is 1.70. The third-order valence-electron chi connectivity index (χ3n) is 5.59. The number of hydrogen-bond acceptors (Lipinski definition) is 5. The molecule has 0 aliphatic rings. The van der Waals surface area contributed by atoms with E-state index in [1.54, 1.807) is 24.3 Å². The molecule has 2 N–H and O–H groups in total. The van der Waals surface area contributed by atoms with Crippen LogP contribution in [0.5, 0.6) is 0 Å². The lowest BCUT2D eigenvalue weighted by Crippen LogP contribution is -2.36. The smallest absolute Gasteiger partial charge is 0.239 e. The van der Waals surface area contributed by atoms with Crippen LogP contribution >= 0.6 is 0 Å². The minimum absolute atomic E-state index is 0.00485. The number of nitrogens with zero attached hydrogens (tertiary/aromatic N) is 3. The molecule has 3 rings (SSSR count). The Labute approximate surface area is 193 Å². The minimum atomic E-state index is -0.313. The molecule has 1 aromatic carbocycles. The molecular formula is C25H29N5O3. The van der Waals surface area contributed by atoms with Crippen LogP contribution in [0.4, 0.5) is 11.5 Å². The predicted molar refractivity (Wildman–Crippen MR) is 127 cm³/mol. The van der Waals surface area contributed by atoms with Crippen LogP contribution in [0.15, 0.2) is 41.0 Å². The Bertz CT molecular complexity index is 1200. The van der Waals surface area contributed by atoms with Crippen molar-refractivity contribution < 1.29 is 14.0 Å². The molecule has 2 heterocycles. The van der Waals surface area contributed by atoms with Gasteiger partial charge >= 0.3 is 0 Å². The highest BCUT2D eigenvalue weighted by molar-refractivity contribution is 5.95. The first-order valence-electron chi connectivity index (χ1n) is 10.7. The highest BCUT2D eigenvalue weighted by atomic mass is 16.3. The molecule has 0 fully saturated rings. The molecule has 0 atom stereocenters. The van der Waals surface area contributed by atoms with E-state index in [1.165, 1.54) is 0 Å². The molecule has 0 aliphatic heterocycles. The van der Waals surface area contributed by atoms with Gasteiger partial charge in [-0.05, 0) is 69.6 Å². The molecule has 2 amide bonds. The molecule has 3 aromatic rings. The van der Waals surface area contributed by atoms with E-state index in [1.807, 2.05) is 56.5 Å². The fraction of sp³-hybridized carbons (Fsp3) is 0.320. The normalized spacial score (nSPS) is 10.8. The molecule has 0 unspecified atom stereocenters. The van der Waals surface area contributed by atoms with E-state index in [9.17, 15) is 14.9 Å². The minimum Gasteiger partial charge on any atom is -0.467 e. The maximum atomic E-state index is 12.8. The van der Waals surface area contributed by atoms with E-state index >= 15 is 0 Å². The fourth-order valence-electron chi connectivity index (χ4n) is 3.66. The zero-order valence-corrected chi connectivity index (χ0v) is 19.7. The standard InChI is InChI=1S/C25H29N5O3/c1-16-8-9-17(2)22(11-16)27-23(31)14-29(5)15-24(32)28-25-21(12-26)18(3)19(4)30(25)13-20-7-6-10-33-20/h6-11H,13-15H2,1-5H3,(H,27,31)(H,28,32). The van der Waals surface area contributed by atoms with Gasteiger partial charge in [0, 0.05) is 11.4 Å². The number of carbonyl (C=O) groups is 2. The van der Waals surface area contributed by atoms with Gasteiger partial charge in [0.2, 0.25) is 11.8 Å². The highest BCUT2D eigenvalue weighted by Gasteiger charge is 2.21. The number of hydrogen-bond donors (Lipinski definition) is 2. The molecule has 0 radical (unpaired) electrons. The first-order chi connectivity index (χ1) is 15.7. The van der Waals surface area contributed by atoms with Crippen molar-refractivity contribution in [1.82, 2.24) is 9.47 Å². The van der Waals surface area contributed by atoms with E-state index in [-0.39, 0.29) is 24.9 Å². The molecule has 8 heteroatoms. The number of likely N-dealkylation sites (N-methyl/N-ethyl adjacent to an activating group) is 1. The lowest BCUT2D eigenvalue weighted by atomic mass is 10.1. The average Bonchev–Trinajstić information content (AvgIpc) is 3.33. The average molecular weight is 448 g/mol. The van der Waals surface area contributed by atoms with Crippen molar-refractivity contribution in [2.45, 2.75) is 34.2 Å². The number of furan rings is 1. The molecule has 33 heavy (non-hydrogen) atoms. The number of amides is 2. The van der Waals surface area contributed by atoms with E-state index in [0.29, 0.717) is 23.7 Å². The van der Waals surface area contributed by atoms with Gasteiger partial charge < -0.3 is 19.6 Å². The molecule has 172 valence electrons. The Morgan fingerprint density at radius 1 is 1.09 bits per heavy atom. The SMILES string of the molecule is Cc1ccc(C)c(NC(=O)CN(C)CC(=O)Nc2c(C#N)c(C)c(C)n2Cc2ccco2)c1. The summed E-state index contributed by atoms with van der Waals surface area (Å²) in [5.74, 6) is 0.631. The maximum Gasteiger partial charge on any atom is 0.239 e. The van der Waals surface area contributed by atoms with Crippen LogP contribution in [-0.2, 0) is 16.1 Å². The number of rotatable bonds is 8. The quantitative estimate of drug-likeness (QED) is 0.547. The largest absolute Gasteiger partial charge is 0.467 e. The fourth-order valence-corrected chi connectivity index (χ4v) is 3.66. The number of nitriles is 1. The number of nitrogens with one attached hydrogen (secondary N) is 2. The summed E-state index contributed by atoms with van der Waals surface area (Å²) in [5, 5.41) is 15.4. The summed E-state index contributed by atoms with van der Waals surface area (Å²) in [6, 6.07) is 11.7. The van der Waals surface area contributed by atoms with Crippen molar-refractivity contribution >= 4 is 23.3 Å². The van der Waals surface area contributed by atoms with Gasteiger partial charge in [0.1, 0.15) is 17.6 Å². The van der Waals surface area contributed by atoms with Crippen LogP contribution in [0.25, 0.3) is 0 Å². The lowest BCUT2D eigenvalue weighted by molar-refractivity contribution is -0.119. The monoisotopic (exact) mass is 447 g/mol. The Balaban J connectivity index is 1.66. The Kier molecular flexibility index (Phi) is 7.36. The molecule has 8 nitrogen and oxygen atoms in total. The molecule has 0 spiro atoms. The third-order valence-corrected chi connectivity index (χ3v) is 5.59. The number of aromatic nitrogens is 1. The van der Waals surface area contributed by atoms with Crippen molar-refractivity contribution in [3.63, 3.8) is 0 Å². The van der Waals surface area contributed by atoms with E-state index < -0.39 is 0 Å². The topological polar surface area (TPSA) is 103 Å². The molecular weight excluding hydrogens is 418 g/mol. The molecule has 0 saturated heterocycles.